The van der Waals surface area contributed by atoms with Crippen LogP contribution in [0.2, 0.25) is 0 Å². The van der Waals surface area contributed by atoms with Gasteiger partial charge in [-0.2, -0.15) is 0 Å². The van der Waals surface area contributed by atoms with Gasteiger partial charge >= 0.3 is 0 Å². The molecular weight excluding hydrogens is 311 g/mol. The zero-order valence-corrected chi connectivity index (χ0v) is 12.0. The molecule has 0 heterocycles. The summed E-state index contributed by atoms with van der Waals surface area (Å²) in [7, 11) is 0. The van der Waals surface area contributed by atoms with Crippen LogP contribution < -0.4 is 11.1 Å². The first kappa shape index (κ1) is 13.1. The highest BCUT2D eigenvalue weighted by Crippen LogP contribution is 2.48. The number of anilines is 1. The van der Waals surface area contributed by atoms with E-state index in [2.05, 4.69) is 21.2 Å². The Morgan fingerprint density at radius 2 is 2.11 bits per heavy atom. The molecule has 3 N–H and O–H groups in total. The van der Waals surface area contributed by atoms with Crippen LogP contribution in [-0.2, 0) is 4.79 Å². The van der Waals surface area contributed by atoms with Crippen molar-refractivity contribution in [2.24, 2.45) is 23.5 Å². The highest BCUT2D eigenvalue weighted by molar-refractivity contribution is 9.10. The van der Waals surface area contributed by atoms with Gasteiger partial charge in [0.2, 0.25) is 5.91 Å². The van der Waals surface area contributed by atoms with Crippen LogP contribution in [0, 0.1) is 23.6 Å². The molecule has 2 saturated carbocycles. The summed E-state index contributed by atoms with van der Waals surface area (Å²) < 4.78 is 13.9. The van der Waals surface area contributed by atoms with Gasteiger partial charge in [0.05, 0.1) is 11.6 Å². The first-order chi connectivity index (χ1) is 9.06. The molecule has 102 valence electrons. The van der Waals surface area contributed by atoms with Crippen LogP contribution in [-0.4, -0.2) is 11.9 Å². The van der Waals surface area contributed by atoms with E-state index in [-0.39, 0.29) is 23.7 Å². The van der Waals surface area contributed by atoms with E-state index >= 15 is 0 Å². The van der Waals surface area contributed by atoms with E-state index in [1.165, 1.54) is 12.1 Å². The number of carbonyl (C=O) groups excluding carboxylic acids is 1. The molecule has 2 aliphatic carbocycles. The lowest BCUT2D eigenvalue weighted by molar-refractivity contribution is -0.121. The van der Waals surface area contributed by atoms with Crippen LogP contribution in [0.15, 0.2) is 22.7 Å². The van der Waals surface area contributed by atoms with Crippen LogP contribution in [0.3, 0.4) is 0 Å². The Morgan fingerprint density at radius 3 is 2.79 bits per heavy atom. The van der Waals surface area contributed by atoms with Crippen molar-refractivity contribution in [1.82, 2.24) is 0 Å². The lowest BCUT2D eigenvalue weighted by Crippen LogP contribution is -2.42. The standard InChI is InChI=1S/C14H16BrFN2O/c15-10-4-3-9(16)6-11(10)18-14(19)12-7-1-2-8(5-7)13(12)17/h3-4,6-8,12-13H,1-2,5,17H2,(H,18,19). The predicted molar refractivity (Wildman–Crippen MR) is 75.0 cm³/mol. The highest BCUT2D eigenvalue weighted by atomic mass is 79.9. The van der Waals surface area contributed by atoms with Gasteiger partial charge in [0.25, 0.3) is 0 Å². The van der Waals surface area contributed by atoms with Crippen molar-refractivity contribution >= 4 is 27.5 Å². The van der Waals surface area contributed by atoms with Gasteiger partial charge < -0.3 is 11.1 Å². The van der Waals surface area contributed by atoms with Gasteiger partial charge in [-0.05, 0) is 65.2 Å². The normalized spacial score (nSPS) is 32.6. The van der Waals surface area contributed by atoms with E-state index < -0.39 is 0 Å². The Balaban J connectivity index is 1.77. The summed E-state index contributed by atoms with van der Waals surface area (Å²) >= 11 is 3.31. The minimum Gasteiger partial charge on any atom is -0.327 e. The Labute approximate surface area is 119 Å². The van der Waals surface area contributed by atoms with Crippen molar-refractivity contribution in [1.29, 1.82) is 0 Å². The quantitative estimate of drug-likeness (QED) is 0.878. The third kappa shape index (κ3) is 2.30. The van der Waals surface area contributed by atoms with Crippen LogP contribution in [0.1, 0.15) is 19.3 Å². The average molecular weight is 327 g/mol. The maximum Gasteiger partial charge on any atom is 0.229 e. The summed E-state index contributed by atoms with van der Waals surface area (Å²) in [5.74, 6) is 0.305. The number of hydrogen-bond acceptors (Lipinski definition) is 2. The summed E-state index contributed by atoms with van der Waals surface area (Å²) in [6, 6.07) is 4.21. The van der Waals surface area contributed by atoms with E-state index in [0.717, 1.165) is 19.3 Å². The SMILES string of the molecule is NC1C2CCC(C2)C1C(=O)Nc1cc(F)ccc1Br. The molecule has 0 saturated heterocycles. The van der Waals surface area contributed by atoms with E-state index in [4.69, 9.17) is 5.73 Å². The summed E-state index contributed by atoms with van der Waals surface area (Å²) in [4.78, 5) is 12.3. The molecule has 1 amide bonds. The van der Waals surface area contributed by atoms with Crippen LogP contribution in [0.25, 0.3) is 0 Å². The first-order valence-electron chi connectivity index (χ1n) is 6.58. The van der Waals surface area contributed by atoms with Crippen LogP contribution >= 0.6 is 15.9 Å². The molecule has 1 aromatic carbocycles. The average Bonchev–Trinajstić information content (AvgIpc) is 2.94. The van der Waals surface area contributed by atoms with Crippen molar-refractivity contribution in [3.63, 3.8) is 0 Å². The van der Waals surface area contributed by atoms with Gasteiger partial charge in [0, 0.05) is 10.5 Å². The topological polar surface area (TPSA) is 55.1 Å². The zero-order chi connectivity index (χ0) is 13.6. The summed E-state index contributed by atoms with van der Waals surface area (Å²) in [5.41, 5.74) is 6.61. The van der Waals surface area contributed by atoms with E-state index in [1.807, 2.05) is 0 Å². The number of hydrogen-bond donors (Lipinski definition) is 2. The number of amides is 1. The fourth-order valence-corrected chi connectivity index (χ4v) is 3.88. The van der Waals surface area contributed by atoms with Crippen molar-refractivity contribution in [3.8, 4) is 0 Å². The molecule has 5 heteroatoms. The molecule has 0 radical (unpaired) electrons. The molecule has 4 unspecified atom stereocenters. The molecule has 19 heavy (non-hydrogen) atoms. The minimum absolute atomic E-state index is 0.0499. The van der Waals surface area contributed by atoms with Gasteiger partial charge in [0.15, 0.2) is 0 Å². The second-order valence-corrected chi connectivity index (χ2v) is 6.40. The van der Waals surface area contributed by atoms with Gasteiger partial charge in [-0.3, -0.25) is 4.79 Å². The van der Waals surface area contributed by atoms with Gasteiger partial charge in [-0.1, -0.05) is 0 Å². The third-order valence-corrected chi connectivity index (χ3v) is 5.16. The highest BCUT2D eigenvalue weighted by Gasteiger charge is 2.49. The number of fused-ring (bicyclic) bond motifs is 2. The van der Waals surface area contributed by atoms with Gasteiger partial charge in [-0.25, -0.2) is 4.39 Å². The monoisotopic (exact) mass is 326 g/mol. The Hall–Kier alpha value is -0.940. The molecular formula is C14H16BrFN2O. The Bertz CT molecular complexity index is 520. The smallest absolute Gasteiger partial charge is 0.229 e. The number of carbonyl (C=O) groups is 1. The molecule has 2 aliphatic rings. The Kier molecular flexibility index (Phi) is 3.35. The second kappa shape index (κ2) is 4.87. The van der Waals surface area contributed by atoms with E-state index in [1.54, 1.807) is 6.07 Å². The molecule has 2 fully saturated rings. The van der Waals surface area contributed by atoms with Crippen molar-refractivity contribution in [2.45, 2.75) is 25.3 Å². The number of nitrogens with two attached hydrogens (primary N) is 1. The maximum absolute atomic E-state index is 13.2. The molecule has 4 atom stereocenters. The fraction of sp³-hybridized carbons (Fsp3) is 0.500. The van der Waals surface area contributed by atoms with Crippen molar-refractivity contribution in [2.75, 3.05) is 5.32 Å². The number of halogens is 2. The number of nitrogens with one attached hydrogen (secondary N) is 1. The maximum atomic E-state index is 13.2. The Morgan fingerprint density at radius 1 is 1.37 bits per heavy atom. The molecule has 3 rings (SSSR count). The lowest BCUT2D eigenvalue weighted by atomic mass is 9.84. The largest absolute Gasteiger partial charge is 0.327 e. The van der Waals surface area contributed by atoms with Crippen LogP contribution in [0.5, 0.6) is 0 Å². The number of benzene rings is 1. The molecule has 0 aliphatic heterocycles. The van der Waals surface area contributed by atoms with Crippen LogP contribution in [0.4, 0.5) is 10.1 Å². The molecule has 2 bridgehead atoms. The van der Waals surface area contributed by atoms with Gasteiger partial charge in [0.1, 0.15) is 5.82 Å². The summed E-state index contributed by atoms with van der Waals surface area (Å²) in [6.45, 7) is 0. The summed E-state index contributed by atoms with van der Waals surface area (Å²) in [5, 5.41) is 2.80. The fourth-order valence-electron chi connectivity index (χ4n) is 3.53. The lowest BCUT2D eigenvalue weighted by Gasteiger charge is -2.27. The van der Waals surface area contributed by atoms with E-state index in [9.17, 15) is 9.18 Å². The van der Waals surface area contributed by atoms with Crippen molar-refractivity contribution in [3.05, 3.63) is 28.5 Å². The second-order valence-electron chi connectivity index (χ2n) is 5.55. The first-order valence-corrected chi connectivity index (χ1v) is 7.37. The molecule has 0 aromatic heterocycles. The molecule has 0 spiro atoms. The third-order valence-electron chi connectivity index (χ3n) is 4.47. The zero-order valence-electron chi connectivity index (χ0n) is 10.4. The predicted octanol–water partition coefficient (Wildman–Crippen LogP) is 2.90. The minimum atomic E-state index is -0.365. The summed E-state index contributed by atoms with van der Waals surface area (Å²) in [6.07, 6.45) is 3.28. The molecule has 3 nitrogen and oxygen atoms in total. The van der Waals surface area contributed by atoms with E-state index in [0.29, 0.717) is 22.0 Å². The molecule has 1 aromatic rings. The van der Waals surface area contributed by atoms with Crippen molar-refractivity contribution < 1.29 is 9.18 Å². The van der Waals surface area contributed by atoms with Gasteiger partial charge in [-0.15, -0.1) is 0 Å². The number of rotatable bonds is 2.